The van der Waals surface area contributed by atoms with Crippen molar-refractivity contribution in [2.45, 2.75) is 25.9 Å². The van der Waals surface area contributed by atoms with Gasteiger partial charge in [0.1, 0.15) is 11.4 Å². The molecule has 1 aromatic heterocycles. The average Bonchev–Trinajstić information content (AvgIpc) is 2.16. The molecule has 0 unspecified atom stereocenters. The van der Waals surface area contributed by atoms with Crippen LogP contribution in [-0.2, 0) is 0 Å². The summed E-state index contributed by atoms with van der Waals surface area (Å²) >= 11 is 0. The van der Waals surface area contributed by atoms with E-state index in [-0.39, 0.29) is 11.2 Å². The lowest BCUT2D eigenvalue weighted by molar-refractivity contribution is 0.0349. The maximum atomic E-state index is 10.9. The minimum atomic E-state index is -0.224. The van der Waals surface area contributed by atoms with Gasteiger partial charge in [-0.25, -0.2) is 0 Å². The predicted octanol–water partition coefficient (Wildman–Crippen LogP) is 1.24. The van der Waals surface area contributed by atoms with E-state index in [1.165, 1.54) is 25.6 Å². The largest absolute Gasteiger partial charge is 0.485 e. The number of likely N-dealkylation sites (tertiary alicyclic amines) is 1. The smallest absolute Gasteiger partial charge is 0.248 e. The van der Waals surface area contributed by atoms with Crippen molar-refractivity contribution in [3.63, 3.8) is 0 Å². The van der Waals surface area contributed by atoms with Gasteiger partial charge in [-0.2, -0.15) is 0 Å². The van der Waals surface area contributed by atoms with Crippen LogP contribution in [0.25, 0.3) is 0 Å². The van der Waals surface area contributed by atoms with Gasteiger partial charge in [-0.05, 0) is 39.4 Å². The van der Waals surface area contributed by atoms with Gasteiger partial charge in [-0.3, -0.25) is 9.69 Å². The molecule has 1 N–H and O–H groups in total. The maximum absolute atomic E-state index is 10.9. The van der Waals surface area contributed by atoms with Crippen LogP contribution in [0.4, 0.5) is 0 Å². The zero-order valence-corrected chi connectivity index (χ0v) is 9.82. The molecule has 0 amide bonds. The number of hydrogen-bond donors (Lipinski definition) is 1. The first-order valence-corrected chi connectivity index (χ1v) is 5.65. The Morgan fingerprint density at radius 3 is 2.69 bits per heavy atom. The first kappa shape index (κ1) is 11.2. The lowest BCUT2D eigenvalue weighted by atomic mass is 10.1. The normalized spacial score (nSPS) is 16.9. The number of nitrogens with one attached hydrogen (secondary N) is 1. The fraction of sp³-hybridized carbons (Fsp3) is 0.583. The molecule has 4 nitrogen and oxygen atoms in total. The van der Waals surface area contributed by atoms with Crippen molar-refractivity contribution in [3.8, 4) is 5.75 Å². The van der Waals surface area contributed by atoms with Crippen molar-refractivity contribution in [3.05, 3.63) is 28.7 Å². The second-order valence-electron chi connectivity index (χ2n) is 4.88. The Balaban J connectivity index is 1.96. The minimum absolute atomic E-state index is 0.104. The van der Waals surface area contributed by atoms with E-state index in [2.05, 4.69) is 23.7 Å². The Kier molecular flexibility index (Phi) is 3.01. The minimum Gasteiger partial charge on any atom is -0.485 e. The van der Waals surface area contributed by atoms with E-state index in [1.807, 2.05) is 0 Å². The lowest BCUT2D eigenvalue weighted by Crippen LogP contribution is -2.48. The van der Waals surface area contributed by atoms with Gasteiger partial charge in [0.2, 0.25) is 5.56 Å². The molecule has 0 saturated carbocycles. The van der Waals surface area contributed by atoms with Crippen molar-refractivity contribution in [2.75, 3.05) is 19.6 Å². The summed E-state index contributed by atoms with van der Waals surface area (Å²) in [7, 11) is 0. The van der Waals surface area contributed by atoms with Gasteiger partial charge in [0.25, 0.3) is 0 Å². The quantitative estimate of drug-likeness (QED) is 0.833. The molecule has 0 aromatic carbocycles. The zero-order chi connectivity index (χ0) is 11.6. The molecule has 1 aliphatic rings. The molecule has 2 heterocycles. The molecule has 1 saturated heterocycles. The third-order valence-corrected chi connectivity index (χ3v) is 2.70. The summed E-state index contributed by atoms with van der Waals surface area (Å²) in [5.74, 6) is 0.713. The number of pyridine rings is 1. The van der Waals surface area contributed by atoms with Crippen molar-refractivity contribution in [1.29, 1.82) is 0 Å². The Morgan fingerprint density at radius 2 is 2.19 bits per heavy atom. The topological polar surface area (TPSA) is 45.3 Å². The first-order valence-electron chi connectivity index (χ1n) is 5.65. The van der Waals surface area contributed by atoms with Gasteiger partial charge in [-0.15, -0.1) is 0 Å². The second kappa shape index (κ2) is 4.29. The zero-order valence-electron chi connectivity index (χ0n) is 9.82. The van der Waals surface area contributed by atoms with Gasteiger partial charge in [0.05, 0.1) is 0 Å². The predicted molar refractivity (Wildman–Crippen MR) is 62.8 cm³/mol. The standard InChI is InChI=1S/C12H18N2O2/c1-12(2,9-14-6-3-7-14)16-10-4-5-11(15)13-8-10/h4-5,8H,3,6-7,9H2,1-2H3,(H,13,15). The number of H-pyrrole nitrogens is 1. The molecule has 0 bridgehead atoms. The summed E-state index contributed by atoms with van der Waals surface area (Å²) in [6, 6.07) is 3.19. The summed E-state index contributed by atoms with van der Waals surface area (Å²) in [6.07, 6.45) is 2.90. The van der Waals surface area contributed by atoms with E-state index in [0.717, 1.165) is 6.54 Å². The van der Waals surface area contributed by atoms with Gasteiger partial charge in [0.15, 0.2) is 0 Å². The van der Waals surface area contributed by atoms with Gasteiger partial charge < -0.3 is 9.72 Å². The molecule has 1 aromatic rings. The number of hydrogen-bond acceptors (Lipinski definition) is 3. The maximum Gasteiger partial charge on any atom is 0.248 e. The van der Waals surface area contributed by atoms with Crippen molar-refractivity contribution in [1.82, 2.24) is 9.88 Å². The summed E-state index contributed by atoms with van der Waals surface area (Å²) < 4.78 is 5.85. The molecule has 4 heteroatoms. The lowest BCUT2D eigenvalue weighted by Gasteiger charge is -2.38. The fourth-order valence-electron chi connectivity index (χ4n) is 1.89. The van der Waals surface area contributed by atoms with E-state index < -0.39 is 0 Å². The Labute approximate surface area is 95.2 Å². The van der Waals surface area contributed by atoms with Gasteiger partial charge in [0, 0.05) is 18.8 Å². The molecule has 0 spiro atoms. The van der Waals surface area contributed by atoms with Crippen LogP contribution in [0.1, 0.15) is 20.3 Å². The van der Waals surface area contributed by atoms with E-state index in [1.54, 1.807) is 12.3 Å². The van der Waals surface area contributed by atoms with Crippen molar-refractivity contribution < 1.29 is 4.74 Å². The van der Waals surface area contributed by atoms with Crippen LogP contribution < -0.4 is 10.3 Å². The van der Waals surface area contributed by atoms with Crippen LogP contribution in [0.2, 0.25) is 0 Å². The van der Waals surface area contributed by atoms with Crippen molar-refractivity contribution in [2.24, 2.45) is 0 Å². The fourth-order valence-corrected chi connectivity index (χ4v) is 1.89. The first-order chi connectivity index (χ1) is 7.55. The van der Waals surface area contributed by atoms with E-state index in [9.17, 15) is 4.79 Å². The number of aromatic nitrogens is 1. The molecule has 0 atom stereocenters. The van der Waals surface area contributed by atoms with Crippen LogP contribution in [0.3, 0.4) is 0 Å². The summed E-state index contributed by atoms with van der Waals surface area (Å²) in [5, 5.41) is 0. The Hall–Kier alpha value is -1.29. The molecule has 1 fully saturated rings. The molecule has 1 aliphatic heterocycles. The number of rotatable bonds is 4. The highest BCUT2D eigenvalue weighted by molar-refractivity contribution is 5.16. The molecular formula is C12H18N2O2. The second-order valence-corrected chi connectivity index (χ2v) is 4.88. The molecule has 88 valence electrons. The average molecular weight is 222 g/mol. The Bertz CT molecular complexity index is 387. The van der Waals surface area contributed by atoms with E-state index >= 15 is 0 Å². The number of nitrogens with zero attached hydrogens (tertiary/aromatic N) is 1. The molecule has 2 rings (SSSR count). The van der Waals surface area contributed by atoms with E-state index in [4.69, 9.17) is 4.74 Å². The number of aromatic amines is 1. The molecule has 0 aliphatic carbocycles. The van der Waals surface area contributed by atoms with Crippen LogP contribution in [-0.4, -0.2) is 35.1 Å². The number of ether oxygens (including phenoxy) is 1. The third-order valence-electron chi connectivity index (χ3n) is 2.70. The highest BCUT2D eigenvalue weighted by Crippen LogP contribution is 2.19. The summed E-state index contributed by atoms with van der Waals surface area (Å²) in [6.45, 7) is 7.38. The van der Waals surface area contributed by atoms with Crippen LogP contribution in [0, 0.1) is 0 Å². The SMILES string of the molecule is CC(C)(CN1CCC1)Oc1ccc(=O)[nH]c1. The summed E-state index contributed by atoms with van der Waals surface area (Å²) in [4.78, 5) is 15.9. The van der Waals surface area contributed by atoms with Gasteiger partial charge >= 0.3 is 0 Å². The van der Waals surface area contributed by atoms with Gasteiger partial charge in [-0.1, -0.05) is 0 Å². The van der Waals surface area contributed by atoms with Crippen LogP contribution in [0.5, 0.6) is 5.75 Å². The highest BCUT2D eigenvalue weighted by atomic mass is 16.5. The molecule has 0 radical (unpaired) electrons. The summed E-state index contributed by atoms with van der Waals surface area (Å²) in [5.41, 5.74) is -0.327. The monoisotopic (exact) mass is 222 g/mol. The Morgan fingerprint density at radius 1 is 1.44 bits per heavy atom. The van der Waals surface area contributed by atoms with Crippen molar-refractivity contribution >= 4 is 0 Å². The highest BCUT2D eigenvalue weighted by Gasteiger charge is 2.26. The molecule has 16 heavy (non-hydrogen) atoms. The third kappa shape index (κ3) is 2.85. The van der Waals surface area contributed by atoms with Crippen LogP contribution in [0.15, 0.2) is 23.1 Å². The van der Waals surface area contributed by atoms with Crippen LogP contribution >= 0.6 is 0 Å². The van der Waals surface area contributed by atoms with E-state index in [0.29, 0.717) is 5.75 Å². The molecular weight excluding hydrogens is 204 g/mol.